The lowest BCUT2D eigenvalue weighted by Gasteiger charge is -2.13. The number of benzene rings is 3. The summed E-state index contributed by atoms with van der Waals surface area (Å²) < 4.78 is 23.1. The van der Waals surface area contributed by atoms with Crippen LogP contribution in [0, 0.1) is 12.7 Å². The molecule has 176 valence electrons. The molecule has 0 aliphatic rings. The molecule has 0 unspecified atom stereocenters. The van der Waals surface area contributed by atoms with Gasteiger partial charge in [-0.25, -0.2) is 18.7 Å². The summed E-state index contributed by atoms with van der Waals surface area (Å²) in [6.07, 6.45) is 1.57. The lowest BCUT2D eigenvalue weighted by atomic mass is 10.1. The molecule has 0 aliphatic heterocycles. The van der Waals surface area contributed by atoms with E-state index in [1.807, 2.05) is 43.3 Å². The van der Waals surface area contributed by atoms with Crippen molar-refractivity contribution in [2.45, 2.75) is 20.0 Å². The van der Waals surface area contributed by atoms with Gasteiger partial charge in [0.1, 0.15) is 11.6 Å². The van der Waals surface area contributed by atoms with Crippen LogP contribution in [0.2, 0.25) is 0 Å². The molecule has 2 heterocycles. The first-order valence-corrected chi connectivity index (χ1v) is 11.1. The minimum Gasteiger partial charge on any atom is -0.497 e. The van der Waals surface area contributed by atoms with Gasteiger partial charge >= 0.3 is 5.69 Å². The molecular weight excluding hydrogens is 447 g/mol. The Morgan fingerprint density at radius 3 is 2.31 bits per heavy atom. The van der Waals surface area contributed by atoms with E-state index in [4.69, 9.17) is 4.74 Å². The topological polar surface area (TPSA) is 71.1 Å². The van der Waals surface area contributed by atoms with E-state index in [1.165, 1.54) is 33.4 Å². The molecule has 0 spiro atoms. The van der Waals surface area contributed by atoms with E-state index in [2.05, 4.69) is 4.98 Å². The highest BCUT2D eigenvalue weighted by Gasteiger charge is 2.20. The Labute approximate surface area is 200 Å². The van der Waals surface area contributed by atoms with Crippen LogP contribution >= 0.6 is 0 Å². The second-order valence-corrected chi connectivity index (χ2v) is 8.30. The van der Waals surface area contributed by atoms with E-state index in [-0.39, 0.29) is 12.2 Å². The van der Waals surface area contributed by atoms with E-state index in [1.54, 1.807) is 30.1 Å². The van der Waals surface area contributed by atoms with Crippen molar-refractivity contribution in [2.24, 2.45) is 0 Å². The largest absolute Gasteiger partial charge is 0.497 e. The summed E-state index contributed by atoms with van der Waals surface area (Å²) >= 11 is 0. The normalized spacial score (nSPS) is 11.2. The summed E-state index contributed by atoms with van der Waals surface area (Å²) in [6, 6.07) is 20.6. The van der Waals surface area contributed by atoms with Gasteiger partial charge in [-0.2, -0.15) is 0 Å². The Morgan fingerprint density at radius 1 is 0.914 bits per heavy atom. The molecule has 3 aromatic carbocycles. The van der Waals surface area contributed by atoms with Gasteiger partial charge in [0.2, 0.25) is 0 Å². The second kappa shape index (κ2) is 9.06. The fourth-order valence-electron chi connectivity index (χ4n) is 4.15. The standard InChI is InChI=1S/C27H23FN4O3/c1-18-5-3-4-6-20(18)16-30-17-29-25-24(30)26(33)31(15-19-7-13-23(35-2)14-8-19)27(34)32(25)22-11-9-21(28)10-12-22/h3-14,17H,15-16H2,1-2H3. The summed E-state index contributed by atoms with van der Waals surface area (Å²) in [7, 11) is 1.57. The Balaban J connectivity index is 1.73. The maximum atomic E-state index is 13.7. The maximum Gasteiger partial charge on any atom is 0.337 e. The third-order valence-corrected chi connectivity index (χ3v) is 6.09. The molecule has 0 amide bonds. The first-order valence-electron chi connectivity index (χ1n) is 11.1. The predicted molar refractivity (Wildman–Crippen MR) is 132 cm³/mol. The van der Waals surface area contributed by atoms with Gasteiger partial charge < -0.3 is 9.30 Å². The second-order valence-electron chi connectivity index (χ2n) is 8.30. The number of methoxy groups -OCH3 is 1. The van der Waals surface area contributed by atoms with Crippen molar-refractivity contribution in [3.63, 3.8) is 0 Å². The summed E-state index contributed by atoms with van der Waals surface area (Å²) in [5.74, 6) is 0.256. The van der Waals surface area contributed by atoms with Gasteiger partial charge in [-0.15, -0.1) is 0 Å². The Morgan fingerprint density at radius 2 is 1.63 bits per heavy atom. The number of aryl methyl sites for hydroxylation is 1. The van der Waals surface area contributed by atoms with Crippen molar-refractivity contribution < 1.29 is 9.13 Å². The van der Waals surface area contributed by atoms with E-state index < -0.39 is 17.1 Å². The molecule has 0 bridgehead atoms. The van der Waals surface area contributed by atoms with Gasteiger partial charge in [0.05, 0.1) is 25.7 Å². The van der Waals surface area contributed by atoms with Gasteiger partial charge in [-0.1, -0.05) is 36.4 Å². The van der Waals surface area contributed by atoms with Crippen LogP contribution in [-0.2, 0) is 13.1 Å². The van der Waals surface area contributed by atoms with E-state index in [9.17, 15) is 14.0 Å². The van der Waals surface area contributed by atoms with Crippen LogP contribution in [0.5, 0.6) is 5.75 Å². The van der Waals surface area contributed by atoms with Crippen LogP contribution < -0.4 is 16.0 Å². The minimum atomic E-state index is -0.550. The SMILES string of the molecule is COc1ccc(Cn2c(=O)c3c(ncn3Cc3ccccc3C)n(-c3ccc(F)cc3)c2=O)cc1. The number of halogens is 1. The number of hydrogen-bond acceptors (Lipinski definition) is 4. The van der Waals surface area contributed by atoms with Crippen LogP contribution in [0.3, 0.4) is 0 Å². The summed E-state index contributed by atoms with van der Waals surface area (Å²) in [5.41, 5.74) is 2.84. The van der Waals surface area contributed by atoms with Crippen LogP contribution in [0.4, 0.5) is 4.39 Å². The van der Waals surface area contributed by atoms with Crippen LogP contribution in [0.15, 0.2) is 88.7 Å². The van der Waals surface area contributed by atoms with Gasteiger partial charge in [-0.05, 0) is 60.0 Å². The summed E-state index contributed by atoms with van der Waals surface area (Å²) in [5, 5.41) is 0. The third kappa shape index (κ3) is 4.14. The number of fused-ring (bicyclic) bond motifs is 1. The summed E-state index contributed by atoms with van der Waals surface area (Å²) in [6.45, 7) is 2.49. The highest BCUT2D eigenvalue weighted by atomic mass is 19.1. The lowest BCUT2D eigenvalue weighted by molar-refractivity contribution is 0.414. The zero-order valence-electron chi connectivity index (χ0n) is 19.3. The molecule has 0 fully saturated rings. The Kier molecular flexibility index (Phi) is 5.78. The molecule has 0 aliphatic carbocycles. The molecule has 0 saturated carbocycles. The van der Waals surface area contributed by atoms with Crippen molar-refractivity contribution in [1.82, 2.24) is 18.7 Å². The maximum absolute atomic E-state index is 13.7. The molecular formula is C27H23FN4O3. The molecule has 2 aromatic heterocycles. The molecule has 0 N–H and O–H groups in total. The van der Waals surface area contributed by atoms with Crippen molar-refractivity contribution in [3.8, 4) is 11.4 Å². The van der Waals surface area contributed by atoms with Crippen LogP contribution in [-0.4, -0.2) is 25.8 Å². The number of ether oxygens (including phenoxy) is 1. The van der Waals surface area contributed by atoms with Gasteiger partial charge in [0.25, 0.3) is 5.56 Å². The number of imidazole rings is 1. The third-order valence-electron chi connectivity index (χ3n) is 6.09. The zero-order chi connectivity index (χ0) is 24.5. The number of rotatable bonds is 6. The molecule has 0 atom stereocenters. The molecule has 0 radical (unpaired) electrons. The monoisotopic (exact) mass is 470 g/mol. The minimum absolute atomic E-state index is 0.0638. The van der Waals surface area contributed by atoms with Gasteiger partial charge in [-0.3, -0.25) is 9.36 Å². The number of aromatic nitrogens is 4. The smallest absolute Gasteiger partial charge is 0.337 e. The van der Waals surface area contributed by atoms with Gasteiger partial charge in [0, 0.05) is 6.54 Å². The Bertz CT molecular complexity index is 1630. The first-order chi connectivity index (χ1) is 17.0. The highest BCUT2D eigenvalue weighted by molar-refractivity contribution is 5.72. The van der Waals surface area contributed by atoms with E-state index >= 15 is 0 Å². The van der Waals surface area contributed by atoms with Gasteiger partial charge in [0.15, 0.2) is 11.2 Å². The van der Waals surface area contributed by atoms with Crippen molar-refractivity contribution in [3.05, 3.63) is 122 Å². The molecule has 5 aromatic rings. The first kappa shape index (κ1) is 22.3. The average molecular weight is 471 g/mol. The zero-order valence-corrected chi connectivity index (χ0v) is 19.3. The molecule has 35 heavy (non-hydrogen) atoms. The number of hydrogen-bond donors (Lipinski definition) is 0. The molecule has 7 nitrogen and oxygen atoms in total. The highest BCUT2D eigenvalue weighted by Crippen LogP contribution is 2.17. The summed E-state index contributed by atoms with van der Waals surface area (Å²) in [4.78, 5) is 31.7. The van der Waals surface area contributed by atoms with E-state index in [0.717, 1.165) is 16.7 Å². The van der Waals surface area contributed by atoms with Crippen molar-refractivity contribution in [2.75, 3.05) is 7.11 Å². The quantitative estimate of drug-likeness (QED) is 0.377. The molecule has 0 saturated heterocycles. The number of nitrogens with zero attached hydrogens (tertiary/aromatic N) is 4. The van der Waals surface area contributed by atoms with Crippen LogP contribution in [0.25, 0.3) is 16.9 Å². The predicted octanol–water partition coefficient (Wildman–Crippen LogP) is 3.90. The molecule has 8 heteroatoms. The average Bonchev–Trinajstić information content (AvgIpc) is 3.28. The van der Waals surface area contributed by atoms with Crippen molar-refractivity contribution >= 4 is 11.2 Å². The molecule has 5 rings (SSSR count). The van der Waals surface area contributed by atoms with Crippen LogP contribution in [0.1, 0.15) is 16.7 Å². The van der Waals surface area contributed by atoms with Crippen molar-refractivity contribution in [1.29, 1.82) is 0 Å². The lowest BCUT2D eigenvalue weighted by Crippen LogP contribution is -2.40. The fraction of sp³-hybridized carbons (Fsp3) is 0.148. The van der Waals surface area contributed by atoms with E-state index in [0.29, 0.717) is 23.5 Å². The Hall–Kier alpha value is -4.46. The fourth-order valence-corrected chi connectivity index (χ4v) is 4.15.